The summed E-state index contributed by atoms with van der Waals surface area (Å²) in [6.07, 6.45) is 3.53. The van der Waals surface area contributed by atoms with Gasteiger partial charge in [0.1, 0.15) is 6.29 Å². The molecule has 0 saturated carbocycles. The number of carbonyl (C=O) groups is 1. The van der Waals surface area contributed by atoms with Gasteiger partial charge in [0.15, 0.2) is 0 Å². The molecule has 1 rings (SSSR count). The molecule has 0 fully saturated rings. The van der Waals surface area contributed by atoms with Crippen LogP contribution in [-0.2, 0) is 4.79 Å². The van der Waals surface area contributed by atoms with Gasteiger partial charge in [-0.1, -0.05) is 6.92 Å². The fraction of sp³-hybridized carbons (Fsp3) is 0.400. The van der Waals surface area contributed by atoms with Gasteiger partial charge in [-0.15, -0.1) is 0 Å². The van der Waals surface area contributed by atoms with Crippen molar-refractivity contribution in [3.8, 4) is 0 Å². The highest BCUT2D eigenvalue weighted by atomic mass is 16.1. The first-order valence-electron chi connectivity index (χ1n) is 4.15. The fourth-order valence-corrected chi connectivity index (χ4v) is 1.14. The van der Waals surface area contributed by atoms with E-state index in [9.17, 15) is 4.79 Å². The van der Waals surface area contributed by atoms with E-state index < -0.39 is 0 Å². The van der Waals surface area contributed by atoms with Crippen molar-refractivity contribution in [2.45, 2.75) is 26.2 Å². The van der Waals surface area contributed by atoms with Crippen LogP contribution < -0.4 is 0 Å². The molecule has 0 spiro atoms. The van der Waals surface area contributed by atoms with Crippen LogP contribution in [0.5, 0.6) is 0 Å². The molecule has 1 heterocycles. The minimum absolute atomic E-state index is 0.0371. The highest BCUT2D eigenvalue weighted by Crippen LogP contribution is 2.14. The Morgan fingerprint density at radius 1 is 1.67 bits per heavy atom. The third-order valence-corrected chi connectivity index (χ3v) is 1.92. The van der Waals surface area contributed by atoms with Crippen LogP contribution in [0.4, 0.5) is 0 Å². The minimum atomic E-state index is -0.0371. The van der Waals surface area contributed by atoms with E-state index in [1.165, 1.54) is 0 Å². The summed E-state index contributed by atoms with van der Waals surface area (Å²) in [6, 6.07) is 3.89. The lowest BCUT2D eigenvalue weighted by atomic mass is 10.0. The second kappa shape index (κ2) is 4.00. The lowest BCUT2D eigenvalue weighted by molar-refractivity contribution is -0.109. The van der Waals surface area contributed by atoms with Crippen LogP contribution in [-0.4, -0.2) is 11.3 Å². The topological polar surface area (TPSA) is 30.0 Å². The van der Waals surface area contributed by atoms with Gasteiger partial charge in [-0.2, -0.15) is 0 Å². The van der Waals surface area contributed by atoms with Gasteiger partial charge in [-0.05, 0) is 31.0 Å². The van der Waals surface area contributed by atoms with Crippen LogP contribution >= 0.6 is 0 Å². The number of carbonyl (C=O) groups excluding carboxylic acids is 1. The zero-order valence-corrected chi connectivity index (χ0v) is 7.45. The molecule has 64 valence electrons. The number of hydrogen-bond donors (Lipinski definition) is 0. The van der Waals surface area contributed by atoms with Crippen LogP contribution in [0.15, 0.2) is 18.3 Å². The number of hydrogen-bond acceptors (Lipinski definition) is 2. The van der Waals surface area contributed by atoms with E-state index in [1.807, 2.05) is 26.0 Å². The van der Waals surface area contributed by atoms with Crippen molar-refractivity contribution in [2.24, 2.45) is 0 Å². The second-order valence-electron chi connectivity index (χ2n) is 2.91. The molecule has 0 aromatic carbocycles. The molecule has 0 bridgehead atoms. The molecule has 0 radical (unpaired) electrons. The zero-order valence-electron chi connectivity index (χ0n) is 7.45. The summed E-state index contributed by atoms with van der Waals surface area (Å²) in [6.45, 7) is 3.99. The fourth-order valence-electron chi connectivity index (χ4n) is 1.14. The van der Waals surface area contributed by atoms with Crippen molar-refractivity contribution >= 4 is 6.29 Å². The average Bonchev–Trinajstić information content (AvgIpc) is 2.07. The van der Waals surface area contributed by atoms with Crippen molar-refractivity contribution < 1.29 is 4.79 Å². The largest absolute Gasteiger partial charge is 0.303 e. The van der Waals surface area contributed by atoms with E-state index in [4.69, 9.17) is 0 Å². The second-order valence-corrected chi connectivity index (χ2v) is 2.91. The first-order chi connectivity index (χ1) is 5.77. The summed E-state index contributed by atoms with van der Waals surface area (Å²) >= 11 is 0. The predicted octanol–water partition coefficient (Wildman–Crippen LogP) is 2.08. The van der Waals surface area contributed by atoms with E-state index in [1.54, 1.807) is 6.20 Å². The normalized spacial score (nSPS) is 12.5. The van der Waals surface area contributed by atoms with Crippen LogP contribution in [0.25, 0.3) is 0 Å². The van der Waals surface area contributed by atoms with Gasteiger partial charge < -0.3 is 4.79 Å². The summed E-state index contributed by atoms with van der Waals surface area (Å²) < 4.78 is 0. The molecule has 0 aliphatic rings. The van der Waals surface area contributed by atoms with Crippen LogP contribution in [0, 0.1) is 6.92 Å². The summed E-state index contributed by atoms with van der Waals surface area (Å²) in [5, 5.41) is 0. The quantitative estimate of drug-likeness (QED) is 0.638. The Hall–Kier alpha value is -1.18. The minimum Gasteiger partial charge on any atom is -0.303 e. The number of aryl methyl sites for hydroxylation is 1. The van der Waals surface area contributed by atoms with Gasteiger partial charge in [0.25, 0.3) is 0 Å². The third kappa shape index (κ3) is 1.91. The molecule has 1 unspecified atom stereocenters. The van der Waals surface area contributed by atoms with Crippen molar-refractivity contribution in [1.29, 1.82) is 0 Å². The summed E-state index contributed by atoms with van der Waals surface area (Å²) in [4.78, 5) is 14.8. The first kappa shape index (κ1) is 8.91. The standard InChI is InChI=1S/C10H13NO/c1-3-9(7-12)10-6-8(2)4-5-11-10/h4-7,9H,3H2,1-2H3. The Bertz CT molecular complexity index is 270. The molecule has 0 amide bonds. The van der Waals surface area contributed by atoms with Crippen molar-refractivity contribution in [3.05, 3.63) is 29.6 Å². The van der Waals surface area contributed by atoms with Crippen LogP contribution in [0.3, 0.4) is 0 Å². The van der Waals surface area contributed by atoms with Crippen molar-refractivity contribution in [3.63, 3.8) is 0 Å². The monoisotopic (exact) mass is 163 g/mol. The van der Waals surface area contributed by atoms with E-state index in [0.717, 1.165) is 24.0 Å². The SMILES string of the molecule is CCC(C=O)c1cc(C)ccn1. The first-order valence-corrected chi connectivity index (χ1v) is 4.15. The Labute approximate surface area is 72.6 Å². The molecule has 1 aromatic rings. The van der Waals surface area contributed by atoms with Gasteiger partial charge in [0.05, 0.1) is 11.6 Å². The maximum atomic E-state index is 10.6. The highest BCUT2D eigenvalue weighted by Gasteiger charge is 2.08. The van der Waals surface area contributed by atoms with Gasteiger partial charge in [-0.25, -0.2) is 0 Å². The summed E-state index contributed by atoms with van der Waals surface area (Å²) in [5.74, 6) is -0.0371. The van der Waals surface area contributed by atoms with E-state index >= 15 is 0 Å². The number of rotatable bonds is 3. The van der Waals surface area contributed by atoms with E-state index in [0.29, 0.717) is 0 Å². The molecule has 1 atom stereocenters. The molecule has 0 N–H and O–H groups in total. The number of aldehydes is 1. The maximum Gasteiger partial charge on any atom is 0.129 e. The van der Waals surface area contributed by atoms with Crippen LogP contribution in [0.2, 0.25) is 0 Å². The Balaban J connectivity index is 2.93. The van der Waals surface area contributed by atoms with E-state index in [2.05, 4.69) is 4.98 Å². The number of nitrogens with zero attached hydrogens (tertiary/aromatic N) is 1. The lowest BCUT2D eigenvalue weighted by Crippen LogP contribution is -2.01. The van der Waals surface area contributed by atoms with Crippen LogP contribution in [0.1, 0.15) is 30.5 Å². The zero-order chi connectivity index (χ0) is 8.97. The molecule has 0 aliphatic heterocycles. The molecular formula is C10H13NO. The number of aromatic nitrogens is 1. The molecule has 0 aliphatic carbocycles. The third-order valence-electron chi connectivity index (χ3n) is 1.92. The van der Waals surface area contributed by atoms with Gasteiger partial charge in [0, 0.05) is 6.20 Å². The molecular weight excluding hydrogens is 150 g/mol. The molecule has 12 heavy (non-hydrogen) atoms. The molecule has 0 saturated heterocycles. The average molecular weight is 163 g/mol. The van der Waals surface area contributed by atoms with Gasteiger partial charge in [0.2, 0.25) is 0 Å². The lowest BCUT2D eigenvalue weighted by Gasteiger charge is -2.06. The Morgan fingerprint density at radius 2 is 2.42 bits per heavy atom. The smallest absolute Gasteiger partial charge is 0.129 e. The van der Waals surface area contributed by atoms with Crippen molar-refractivity contribution in [1.82, 2.24) is 4.98 Å². The highest BCUT2D eigenvalue weighted by molar-refractivity contribution is 5.60. The molecule has 2 nitrogen and oxygen atoms in total. The Kier molecular flexibility index (Phi) is 2.97. The van der Waals surface area contributed by atoms with E-state index in [-0.39, 0.29) is 5.92 Å². The summed E-state index contributed by atoms with van der Waals surface area (Å²) in [7, 11) is 0. The van der Waals surface area contributed by atoms with Gasteiger partial charge >= 0.3 is 0 Å². The van der Waals surface area contributed by atoms with Crippen molar-refractivity contribution in [2.75, 3.05) is 0 Å². The van der Waals surface area contributed by atoms with Gasteiger partial charge in [-0.3, -0.25) is 4.98 Å². The summed E-state index contributed by atoms with van der Waals surface area (Å²) in [5.41, 5.74) is 2.04. The molecule has 2 heteroatoms. The predicted molar refractivity (Wildman–Crippen MR) is 48.1 cm³/mol. The Morgan fingerprint density at radius 3 is 2.92 bits per heavy atom. The maximum absolute atomic E-state index is 10.6. The molecule has 1 aromatic heterocycles. The number of pyridine rings is 1.